The van der Waals surface area contributed by atoms with Crippen molar-refractivity contribution >= 4 is 12.1 Å². The predicted octanol–water partition coefficient (Wildman–Crippen LogP) is 2.71. The normalized spacial score (nSPS) is 11.9. The van der Waals surface area contributed by atoms with E-state index in [1.54, 1.807) is 5.48 Å². The van der Waals surface area contributed by atoms with Gasteiger partial charge in [-0.3, -0.25) is 0 Å². The van der Waals surface area contributed by atoms with Gasteiger partial charge in [0.15, 0.2) is 0 Å². The summed E-state index contributed by atoms with van der Waals surface area (Å²) in [6.45, 7) is 4.02. The van der Waals surface area contributed by atoms with Gasteiger partial charge in [-0.15, -0.1) is 5.48 Å². The third kappa shape index (κ3) is 7.09. The van der Waals surface area contributed by atoms with Gasteiger partial charge in [0, 0.05) is 0 Å². The second-order valence-corrected chi connectivity index (χ2v) is 3.78. The molecule has 0 aliphatic carbocycles. The van der Waals surface area contributed by atoms with E-state index in [4.69, 9.17) is 5.11 Å². The second kappa shape index (κ2) is 9.00. The Kier molecular flexibility index (Phi) is 8.29. The lowest BCUT2D eigenvalue weighted by Crippen LogP contribution is -2.29. The van der Waals surface area contributed by atoms with E-state index in [1.165, 1.54) is 6.42 Å². The molecule has 0 saturated heterocycles. The van der Waals surface area contributed by atoms with Crippen molar-refractivity contribution in [3.05, 3.63) is 0 Å². The van der Waals surface area contributed by atoms with Crippen LogP contribution in [0.15, 0.2) is 0 Å². The number of nitrogens with one attached hydrogen (secondary N) is 1. The molecule has 0 saturated carbocycles. The first-order valence-electron chi connectivity index (χ1n) is 5.81. The van der Waals surface area contributed by atoms with E-state index in [-0.39, 0.29) is 5.92 Å². The van der Waals surface area contributed by atoms with Crippen molar-refractivity contribution in [3.63, 3.8) is 0 Å². The molecular formula is C11H21NO4. The van der Waals surface area contributed by atoms with E-state index in [2.05, 4.69) is 11.8 Å². The van der Waals surface area contributed by atoms with Gasteiger partial charge in [0.05, 0.1) is 5.92 Å². The van der Waals surface area contributed by atoms with Crippen molar-refractivity contribution in [2.75, 3.05) is 0 Å². The molecule has 0 rings (SSSR count). The van der Waals surface area contributed by atoms with Crippen LogP contribution in [0.1, 0.15) is 52.4 Å². The predicted molar refractivity (Wildman–Crippen MR) is 59.8 cm³/mol. The van der Waals surface area contributed by atoms with Crippen molar-refractivity contribution in [2.45, 2.75) is 52.4 Å². The van der Waals surface area contributed by atoms with Gasteiger partial charge < -0.3 is 9.94 Å². The van der Waals surface area contributed by atoms with Crippen molar-refractivity contribution < 1.29 is 19.5 Å². The Hall–Kier alpha value is -1.26. The molecule has 0 radical (unpaired) electrons. The lowest BCUT2D eigenvalue weighted by Gasteiger charge is -2.12. The number of unbranched alkanes of at least 4 members (excludes halogenated alkanes) is 3. The number of hydrogen-bond donors (Lipinski definition) is 2. The SMILES string of the molecule is CCCCCCC(CC)C(=O)ONC(=O)O. The molecule has 0 aliphatic rings. The summed E-state index contributed by atoms with van der Waals surface area (Å²) in [5, 5.41) is 8.27. The molecule has 0 spiro atoms. The third-order valence-electron chi connectivity index (χ3n) is 2.47. The number of carbonyl (C=O) groups excluding carboxylic acids is 1. The van der Waals surface area contributed by atoms with Crippen molar-refractivity contribution in [3.8, 4) is 0 Å². The number of carboxylic acid groups (broad SMARTS) is 1. The highest BCUT2D eigenvalue weighted by atomic mass is 16.7. The average Bonchev–Trinajstić information content (AvgIpc) is 2.26. The Balaban J connectivity index is 3.78. The van der Waals surface area contributed by atoms with Gasteiger partial charge in [-0.2, -0.15) is 0 Å². The molecule has 2 N–H and O–H groups in total. The maximum atomic E-state index is 11.4. The second-order valence-electron chi connectivity index (χ2n) is 3.78. The van der Waals surface area contributed by atoms with E-state index in [0.717, 1.165) is 25.7 Å². The summed E-state index contributed by atoms with van der Waals surface area (Å²) in [6.07, 6.45) is 4.49. The number of rotatable bonds is 7. The highest BCUT2D eigenvalue weighted by Crippen LogP contribution is 2.15. The van der Waals surface area contributed by atoms with Crippen molar-refractivity contribution in [1.29, 1.82) is 0 Å². The lowest BCUT2D eigenvalue weighted by atomic mass is 9.98. The molecular weight excluding hydrogens is 210 g/mol. The van der Waals surface area contributed by atoms with E-state index in [9.17, 15) is 9.59 Å². The molecule has 0 aromatic rings. The molecule has 5 heteroatoms. The van der Waals surface area contributed by atoms with Gasteiger partial charge in [-0.25, -0.2) is 9.59 Å². The zero-order valence-corrected chi connectivity index (χ0v) is 9.99. The monoisotopic (exact) mass is 231 g/mol. The maximum absolute atomic E-state index is 11.4. The van der Waals surface area contributed by atoms with Gasteiger partial charge in [0.25, 0.3) is 0 Å². The zero-order valence-electron chi connectivity index (χ0n) is 9.99. The summed E-state index contributed by atoms with van der Waals surface area (Å²) in [5.74, 6) is -0.690. The Bertz CT molecular complexity index is 218. The standard InChI is InChI=1S/C11H21NO4/c1-3-5-6-7-8-9(4-2)10(13)16-12-11(14)15/h9,12H,3-8H2,1-2H3,(H,14,15). The van der Waals surface area contributed by atoms with Crippen molar-refractivity contribution in [2.24, 2.45) is 5.92 Å². The van der Waals surface area contributed by atoms with Crippen LogP contribution in [-0.2, 0) is 9.63 Å². The van der Waals surface area contributed by atoms with E-state index in [0.29, 0.717) is 6.42 Å². The molecule has 0 bridgehead atoms. The molecule has 94 valence electrons. The molecule has 5 nitrogen and oxygen atoms in total. The van der Waals surface area contributed by atoms with Crippen molar-refractivity contribution in [1.82, 2.24) is 5.48 Å². The van der Waals surface area contributed by atoms with Crippen LogP contribution in [0.5, 0.6) is 0 Å². The number of hydroxylamine groups is 1. The summed E-state index contributed by atoms with van der Waals surface area (Å²) in [4.78, 5) is 25.9. The molecule has 0 aromatic carbocycles. The Labute approximate surface area is 96.1 Å². The van der Waals surface area contributed by atoms with E-state index in [1.807, 2.05) is 6.92 Å². The fourth-order valence-electron chi connectivity index (χ4n) is 1.48. The van der Waals surface area contributed by atoms with Gasteiger partial charge in [-0.1, -0.05) is 39.5 Å². The van der Waals surface area contributed by atoms with E-state index < -0.39 is 12.1 Å². The third-order valence-corrected chi connectivity index (χ3v) is 2.47. The first kappa shape index (κ1) is 14.7. The van der Waals surface area contributed by atoms with Crippen LogP contribution in [0, 0.1) is 5.92 Å². The van der Waals surface area contributed by atoms with Gasteiger partial charge in [0.2, 0.25) is 0 Å². The minimum atomic E-state index is -1.35. The molecule has 0 fully saturated rings. The number of hydrogen-bond acceptors (Lipinski definition) is 3. The summed E-state index contributed by atoms with van der Waals surface area (Å²) >= 11 is 0. The quantitative estimate of drug-likeness (QED) is 0.521. The highest BCUT2D eigenvalue weighted by molar-refractivity contribution is 5.74. The summed E-state index contributed by atoms with van der Waals surface area (Å²) < 4.78 is 0. The molecule has 1 atom stereocenters. The van der Waals surface area contributed by atoms with Gasteiger partial charge in [0.1, 0.15) is 0 Å². The molecule has 0 heterocycles. The van der Waals surface area contributed by atoms with E-state index >= 15 is 0 Å². The largest absolute Gasteiger partial charge is 0.463 e. The van der Waals surface area contributed by atoms with Crippen LogP contribution < -0.4 is 5.48 Å². The molecule has 0 aromatic heterocycles. The first-order chi connectivity index (χ1) is 7.61. The van der Waals surface area contributed by atoms with Crippen LogP contribution in [0.25, 0.3) is 0 Å². The number of carbonyl (C=O) groups is 2. The van der Waals surface area contributed by atoms with Crippen LogP contribution >= 0.6 is 0 Å². The summed E-state index contributed by atoms with van der Waals surface area (Å²) in [5.41, 5.74) is 1.63. The van der Waals surface area contributed by atoms with Gasteiger partial charge >= 0.3 is 12.1 Å². The molecule has 1 unspecified atom stereocenters. The molecule has 0 aliphatic heterocycles. The summed E-state index contributed by atoms with van der Waals surface area (Å²) in [7, 11) is 0. The Morgan fingerprint density at radius 2 is 1.94 bits per heavy atom. The minimum Gasteiger partial charge on any atom is -0.463 e. The molecule has 1 amide bonds. The fraction of sp³-hybridized carbons (Fsp3) is 0.818. The van der Waals surface area contributed by atoms with Crippen LogP contribution in [0.3, 0.4) is 0 Å². The van der Waals surface area contributed by atoms with Crippen LogP contribution in [0.2, 0.25) is 0 Å². The smallest absolute Gasteiger partial charge is 0.438 e. The average molecular weight is 231 g/mol. The number of amides is 1. The lowest BCUT2D eigenvalue weighted by molar-refractivity contribution is -0.155. The Morgan fingerprint density at radius 3 is 2.44 bits per heavy atom. The highest BCUT2D eigenvalue weighted by Gasteiger charge is 2.18. The minimum absolute atomic E-state index is 0.205. The molecule has 16 heavy (non-hydrogen) atoms. The van der Waals surface area contributed by atoms with Crippen LogP contribution in [0.4, 0.5) is 4.79 Å². The van der Waals surface area contributed by atoms with Crippen LogP contribution in [-0.4, -0.2) is 17.2 Å². The topological polar surface area (TPSA) is 75.6 Å². The maximum Gasteiger partial charge on any atom is 0.438 e. The Morgan fingerprint density at radius 1 is 1.25 bits per heavy atom. The first-order valence-corrected chi connectivity index (χ1v) is 5.81. The summed E-state index contributed by atoms with van der Waals surface area (Å²) in [6, 6.07) is 0. The van der Waals surface area contributed by atoms with Gasteiger partial charge in [-0.05, 0) is 12.8 Å². The zero-order chi connectivity index (χ0) is 12.4. The fourth-order valence-corrected chi connectivity index (χ4v) is 1.48.